The SMILES string of the molecule is C=CC(C)NC(=O)CC(NCCOCC=O)C(=O)OC. The van der Waals surface area contributed by atoms with E-state index in [1.807, 2.05) is 0 Å². The molecular weight excluding hydrogens is 264 g/mol. The van der Waals surface area contributed by atoms with Crippen LogP contribution in [0.3, 0.4) is 0 Å². The molecular formula is C13H22N2O5. The summed E-state index contributed by atoms with van der Waals surface area (Å²) < 4.78 is 9.56. The quantitative estimate of drug-likeness (QED) is 0.228. The van der Waals surface area contributed by atoms with Crippen LogP contribution in [0.15, 0.2) is 12.7 Å². The van der Waals surface area contributed by atoms with E-state index in [9.17, 15) is 14.4 Å². The third kappa shape index (κ3) is 8.39. The van der Waals surface area contributed by atoms with Crippen molar-refractivity contribution in [1.82, 2.24) is 10.6 Å². The smallest absolute Gasteiger partial charge is 0.323 e. The average molecular weight is 286 g/mol. The van der Waals surface area contributed by atoms with Crippen molar-refractivity contribution in [1.29, 1.82) is 0 Å². The highest BCUT2D eigenvalue weighted by molar-refractivity contribution is 5.85. The number of ether oxygens (including phenoxy) is 2. The second kappa shape index (κ2) is 11.1. The van der Waals surface area contributed by atoms with Gasteiger partial charge in [0, 0.05) is 12.6 Å². The fraction of sp³-hybridized carbons (Fsp3) is 0.615. The van der Waals surface area contributed by atoms with Gasteiger partial charge < -0.3 is 24.9 Å². The number of carbonyl (C=O) groups is 3. The van der Waals surface area contributed by atoms with Gasteiger partial charge in [0.2, 0.25) is 5.91 Å². The van der Waals surface area contributed by atoms with E-state index in [1.54, 1.807) is 13.0 Å². The highest BCUT2D eigenvalue weighted by Gasteiger charge is 2.22. The molecule has 0 aromatic heterocycles. The lowest BCUT2D eigenvalue weighted by atomic mass is 10.2. The molecule has 2 unspecified atom stereocenters. The van der Waals surface area contributed by atoms with Crippen LogP contribution in [0.25, 0.3) is 0 Å². The summed E-state index contributed by atoms with van der Waals surface area (Å²) in [4.78, 5) is 33.3. The van der Waals surface area contributed by atoms with Gasteiger partial charge in [-0.15, -0.1) is 6.58 Å². The topological polar surface area (TPSA) is 93.7 Å². The maximum Gasteiger partial charge on any atom is 0.323 e. The fourth-order valence-corrected chi connectivity index (χ4v) is 1.38. The summed E-state index contributed by atoms with van der Waals surface area (Å²) >= 11 is 0. The molecule has 2 atom stereocenters. The zero-order chi connectivity index (χ0) is 15.4. The van der Waals surface area contributed by atoms with Crippen LogP contribution in [-0.4, -0.2) is 57.1 Å². The number of methoxy groups -OCH3 is 1. The van der Waals surface area contributed by atoms with Crippen LogP contribution >= 0.6 is 0 Å². The third-order valence-corrected chi connectivity index (χ3v) is 2.44. The van der Waals surface area contributed by atoms with E-state index in [-0.39, 0.29) is 31.6 Å². The first kappa shape index (κ1) is 18.3. The molecule has 0 aliphatic carbocycles. The predicted octanol–water partition coefficient (Wildman–Crippen LogP) is -0.586. The van der Waals surface area contributed by atoms with Crippen LogP contribution in [0.1, 0.15) is 13.3 Å². The molecule has 0 heterocycles. The van der Waals surface area contributed by atoms with Crippen molar-refractivity contribution < 1.29 is 23.9 Å². The Morgan fingerprint density at radius 1 is 1.40 bits per heavy atom. The number of nitrogens with one attached hydrogen (secondary N) is 2. The fourth-order valence-electron chi connectivity index (χ4n) is 1.38. The molecule has 114 valence electrons. The molecule has 0 aliphatic heterocycles. The number of carbonyl (C=O) groups excluding carboxylic acids is 3. The Bertz CT molecular complexity index is 333. The highest BCUT2D eigenvalue weighted by atomic mass is 16.5. The number of rotatable bonds is 11. The minimum Gasteiger partial charge on any atom is -0.468 e. The molecule has 0 saturated carbocycles. The normalized spacial score (nSPS) is 13.1. The Balaban J connectivity index is 4.20. The van der Waals surface area contributed by atoms with E-state index in [1.165, 1.54) is 7.11 Å². The summed E-state index contributed by atoms with van der Waals surface area (Å²) in [6.45, 7) is 5.93. The molecule has 1 amide bonds. The summed E-state index contributed by atoms with van der Waals surface area (Å²) in [7, 11) is 1.25. The van der Waals surface area contributed by atoms with Crippen molar-refractivity contribution in [2.45, 2.75) is 25.4 Å². The van der Waals surface area contributed by atoms with Gasteiger partial charge in [0.1, 0.15) is 18.9 Å². The molecule has 0 aliphatic rings. The first-order valence-electron chi connectivity index (χ1n) is 6.29. The molecule has 0 radical (unpaired) electrons. The van der Waals surface area contributed by atoms with E-state index in [4.69, 9.17) is 4.74 Å². The second-order valence-corrected chi connectivity index (χ2v) is 4.07. The first-order chi connectivity index (χ1) is 9.54. The van der Waals surface area contributed by atoms with E-state index in [2.05, 4.69) is 21.9 Å². The molecule has 0 saturated heterocycles. The van der Waals surface area contributed by atoms with E-state index in [0.717, 1.165) is 0 Å². The molecule has 7 nitrogen and oxygen atoms in total. The molecule has 20 heavy (non-hydrogen) atoms. The summed E-state index contributed by atoms with van der Waals surface area (Å²) in [5, 5.41) is 5.52. The standard InChI is InChI=1S/C13H22N2O5/c1-4-10(2)15-12(17)9-11(13(18)19-3)14-5-7-20-8-6-16/h4,6,10-11,14H,1,5,7-9H2,2-3H3,(H,15,17). The molecule has 0 spiro atoms. The van der Waals surface area contributed by atoms with Gasteiger partial charge in [-0.25, -0.2) is 0 Å². The lowest BCUT2D eigenvalue weighted by molar-refractivity contribution is -0.145. The summed E-state index contributed by atoms with van der Waals surface area (Å²) in [6.07, 6.45) is 2.19. The van der Waals surface area contributed by atoms with Gasteiger partial charge in [-0.3, -0.25) is 9.59 Å². The highest BCUT2D eigenvalue weighted by Crippen LogP contribution is 1.97. The summed E-state index contributed by atoms with van der Waals surface area (Å²) in [5.74, 6) is -0.809. The Morgan fingerprint density at radius 3 is 2.65 bits per heavy atom. The Labute approximate surface area is 118 Å². The van der Waals surface area contributed by atoms with Gasteiger partial charge in [0.25, 0.3) is 0 Å². The van der Waals surface area contributed by atoms with E-state index >= 15 is 0 Å². The third-order valence-electron chi connectivity index (χ3n) is 2.44. The first-order valence-corrected chi connectivity index (χ1v) is 6.29. The number of hydrogen-bond acceptors (Lipinski definition) is 6. The minimum atomic E-state index is -0.753. The van der Waals surface area contributed by atoms with Crippen molar-refractivity contribution in [3.8, 4) is 0 Å². The molecule has 0 fully saturated rings. The number of hydrogen-bond donors (Lipinski definition) is 2. The van der Waals surface area contributed by atoms with Gasteiger partial charge in [-0.05, 0) is 6.92 Å². The molecule has 0 aromatic carbocycles. The molecule has 2 N–H and O–H groups in total. The number of amides is 1. The number of aldehydes is 1. The summed E-state index contributed by atoms with van der Waals surface area (Å²) in [6, 6.07) is -0.923. The molecule has 0 rings (SSSR count). The van der Waals surface area contributed by atoms with Crippen molar-refractivity contribution in [3.05, 3.63) is 12.7 Å². The Kier molecular flexibility index (Phi) is 10.2. The maximum atomic E-state index is 11.7. The average Bonchev–Trinajstić information content (AvgIpc) is 2.44. The van der Waals surface area contributed by atoms with Crippen molar-refractivity contribution in [2.75, 3.05) is 26.9 Å². The Hall–Kier alpha value is -1.73. The van der Waals surface area contributed by atoms with Crippen molar-refractivity contribution >= 4 is 18.2 Å². The second-order valence-electron chi connectivity index (χ2n) is 4.07. The maximum absolute atomic E-state index is 11.7. The van der Waals surface area contributed by atoms with Gasteiger partial charge in [0.05, 0.1) is 20.1 Å². The monoisotopic (exact) mass is 286 g/mol. The van der Waals surface area contributed by atoms with Crippen LogP contribution in [-0.2, 0) is 23.9 Å². The number of esters is 1. The van der Waals surface area contributed by atoms with Crippen molar-refractivity contribution in [2.24, 2.45) is 0 Å². The molecule has 0 aromatic rings. The van der Waals surface area contributed by atoms with Gasteiger partial charge in [0.15, 0.2) is 0 Å². The van der Waals surface area contributed by atoms with Gasteiger partial charge >= 0.3 is 5.97 Å². The minimum absolute atomic E-state index is 0.00189. The summed E-state index contributed by atoms with van der Waals surface area (Å²) in [5.41, 5.74) is 0. The zero-order valence-electron chi connectivity index (χ0n) is 11.9. The molecule has 0 bridgehead atoms. The van der Waals surface area contributed by atoms with Crippen LogP contribution in [0.4, 0.5) is 0 Å². The largest absolute Gasteiger partial charge is 0.468 e. The van der Waals surface area contributed by atoms with Crippen molar-refractivity contribution in [3.63, 3.8) is 0 Å². The van der Waals surface area contributed by atoms with E-state index in [0.29, 0.717) is 12.8 Å². The molecule has 7 heteroatoms. The predicted molar refractivity (Wildman–Crippen MR) is 73.1 cm³/mol. The van der Waals surface area contributed by atoms with Crippen LogP contribution in [0.2, 0.25) is 0 Å². The van der Waals surface area contributed by atoms with Crippen LogP contribution in [0, 0.1) is 0 Å². The lowest BCUT2D eigenvalue weighted by Gasteiger charge is -2.17. The van der Waals surface area contributed by atoms with E-state index < -0.39 is 12.0 Å². The Morgan fingerprint density at radius 2 is 2.10 bits per heavy atom. The van der Waals surface area contributed by atoms with Crippen LogP contribution in [0.5, 0.6) is 0 Å². The zero-order valence-corrected chi connectivity index (χ0v) is 11.9. The van der Waals surface area contributed by atoms with Crippen LogP contribution < -0.4 is 10.6 Å². The van der Waals surface area contributed by atoms with Gasteiger partial charge in [-0.2, -0.15) is 0 Å². The van der Waals surface area contributed by atoms with Gasteiger partial charge in [-0.1, -0.05) is 6.08 Å². The lowest BCUT2D eigenvalue weighted by Crippen LogP contribution is -2.44.